The fourth-order valence-electron chi connectivity index (χ4n) is 2.03. The highest BCUT2D eigenvalue weighted by atomic mass is 35.5. The van der Waals surface area contributed by atoms with Gasteiger partial charge >= 0.3 is 0 Å². The van der Waals surface area contributed by atoms with Gasteiger partial charge in [0.05, 0.1) is 12.1 Å². The zero-order valence-electron chi connectivity index (χ0n) is 9.94. The number of hydrogen-bond donors (Lipinski definition) is 1. The Kier molecular flexibility index (Phi) is 3.63. The maximum atomic E-state index is 6.24. The minimum Gasteiger partial charge on any atom is -0.495 e. The molecule has 1 unspecified atom stereocenters. The Morgan fingerprint density at radius 1 is 1.13 bits per heavy atom. The third-order valence-corrected chi connectivity index (χ3v) is 3.35. The van der Waals surface area contributed by atoms with E-state index >= 15 is 0 Å². The SMILES string of the molecule is COc1c(C)c(C)c(C(C)N)c(C)c1Cl. The molecule has 0 spiro atoms. The van der Waals surface area contributed by atoms with Gasteiger partial charge in [0.25, 0.3) is 0 Å². The predicted octanol–water partition coefficient (Wildman–Crippen LogP) is 3.29. The Morgan fingerprint density at radius 3 is 2.07 bits per heavy atom. The molecule has 1 aromatic carbocycles. The first-order valence-electron chi connectivity index (χ1n) is 5.00. The number of rotatable bonds is 2. The van der Waals surface area contributed by atoms with Crippen LogP contribution in [0.15, 0.2) is 0 Å². The first-order valence-corrected chi connectivity index (χ1v) is 5.38. The first kappa shape index (κ1) is 12.3. The molecule has 84 valence electrons. The van der Waals surface area contributed by atoms with Gasteiger partial charge < -0.3 is 10.5 Å². The number of ether oxygens (including phenoxy) is 1. The molecule has 2 nitrogen and oxygen atoms in total. The van der Waals surface area contributed by atoms with Gasteiger partial charge in [-0.05, 0) is 49.9 Å². The van der Waals surface area contributed by atoms with Crippen molar-refractivity contribution in [1.29, 1.82) is 0 Å². The zero-order valence-corrected chi connectivity index (χ0v) is 10.7. The van der Waals surface area contributed by atoms with Crippen molar-refractivity contribution < 1.29 is 4.74 Å². The smallest absolute Gasteiger partial charge is 0.140 e. The monoisotopic (exact) mass is 227 g/mol. The number of halogens is 1. The van der Waals surface area contributed by atoms with Crippen molar-refractivity contribution in [2.24, 2.45) is 5.73 Å². The molecule has 0 bridgehead atoms. The van der Waals surface area contributed by atoms with Gasteiger partial charge in [-0.3, -0.25) is 0 Å². The van der Waals surface area contributed by atoms with Gasteiger partial charge in [0, 0.05) is 6.04 Å². The fraction of sp³-hybridized carbons (Fsp3) is 0.500. The molecule has 1 atom stereocenters. The normalized spacial score (nSPS) is 12.7. The Bertz CT molecular complexity index is 357. The van der Waals surface area contributed by atoms with Crippen LogP contribution >= 0.6 is 11.6 Å². The summed E-state index contributed by atoms with van der Waals surface area (Å²) in [6, 6.07) is -0.00731. The van der Waals surface area contributed by atoms with Crippen LogP contribution in [0.25, 0.3) is 0 Å². The van der Waals surface area contributed by atoms with Crippen LogP contribution in [0, 0.1) is 20.8 Å². The third-order valence-electron chi connectivity index (χ3n) is 2.90. The standard InChI is InChI=1S/C12H18ClNO/c1-6-7(2)12(15-5)11(13)8(3)10(6)9(4)14/h9H,14H2,1-5H3. The second-order valence-electron chi connectivity index (χ2n) is 3.92. The molecule has 1 aromatic rings. The summed E-state index contributed by atoms with van der Waals surface area (Å²) in [6.07, 6.45) is 0. The average Bonchev–Trinajstić information content (AvgIpc) is 2.16. The van der Waals surface area contributed by atoms with E-state index in [1.54, 1.807) is 7.11 Å². The van der Waals surface area contributed by atoms with E-state index in [0.717, 1.165) is 22.4 Å². The van der Waals surface area contributed by atoms with E-state index in [2.05, 4.69) is 6.92 Å². The van der Waals surface area contributed by atoms with Crippen LogP contribution in [0.2, 0.25) is 5.02 Å². The van der Waals surface area contributed by atoms with Crippen LogP contribution < -0.4 is 10.5 Å². The van der Waals surface area contributed by atoms with Crippen LogP contribution in [0.3, 0.4) is 0 Å². The molecule has 2 N–H and O–H groups in total. The van der Waals surface area contributed by atoms with E-state index < -0.39 is 0 Å². The van der Waals surface area contributed by atoms with Crippen molar-refractivity contribution in [1.82, 2.24) is 0 Å². The number of hydrogen-bond acceptors (Lipinski definition) is 2. The Hall–Kier alpha value is -0.730. The van der Waals surface area contributed by atoms with E-state index in [-0.39, 0.29) is 6.04 Å². The van der Waals surface area contributed by atoms with Crippen molar-refractivity contribution in [3.63, 3.8) is 0 Å². The molecule has 0 aliphatic carbocycles. The van der Waals surface area contributed by atoms with Gasteiger partial charge in [-0.1, -0.05) is 11.6 Å². The Balaban J connectivity index is 3.59. The van der Waals surface area contributed by atoms with Gasteiger partial charge in [0.2, 0.25) is 0 Å². The van der Waals surface area contributed by atoms with Crippen molar-refractivity contribution in [2.75, 3.05) is 7.11 Å². The molecule has 0 saturated carbocycles. The molecule has 0 amide bonds. The van der Waals surface area contributed by atoms with Gasteiger partial charge in [0.15, 0.2) is 0 Å². The lowest BCUT2D eigenvalue weighted by molar-refractivity contribution is 0.411. The number of benzene rings is 1. The highest BCUT2D eigenvalue weighted by Crippen LogP contribution is 2.38. The van der Waals surface area contributed by atoms with Crippen LogP contribution in [0.4, 0.5) is 0 Å². The van der Waals surface area contributed by atoms with E-state index in [0.29, 0.717) is 5.02 Å². The fourth-order valence-corrected chi connectivity index (χ4v) is 2.35. The molecular weight excluding hydrogens is 210 g/mol. The van der Waals surface area contributed by atoms with E-state index in [1.807, 2.05) is 20.8 Å². The lowest BCUT2D eigenvalue weighted by atomic mass is 9.93. The summed E-state index contributed by atoms with van der Waals surface area (Å²) in [7, 11) is 1.64. The third kappa shape index (κ3) is 1.97. The molecule has 0 aliphatic heterocycles. The first-order chi connectivity index (χ1) is 6.91. The minimum absolute atomic E-state index is 0.00731. The van der Waals surface area contributed by atoms with Gasteiger partial charge in [-0.2, -0.15) is 0 Å². The molecule has 0 heterocycles. The molecule has 0 radical (unpaired) electrons. The van der Waals surface area contributed by atoms with E-state index in [1.165, 1.54) is 5.56 Å². The van der Waals surface area contributed by atoms with Crippen LogP contribution in [0.1, 0.15) is 35.2 Å². The summed E-state index contributed by atoms with van der Waals surface area (Å²) in [5, 5.41) is 0.674. The maximum Gasteiger partial charge on any atom is 0.140 e. The molecule has 0 saturated heterocycles. The molecule has 1 rings (SSSR count). The zero-order chi connectivity index (χ0) is 11.7. The van der Waals surface area contributed by atoms with Gasteiger partial charge in [-0.25, -0.2) is 0 Å². The second-order valence-corrected chi connectivity index (χ2v) is 4.30. The summed E-state index contributed by atoms with van der Waals surface area (Å²) >= 11 is 6.24. The van der Waals surface area contributed by atoms with Gasteiger partial charge in [0.1, 0.15) is 5.75 Å². The summed E-state index contributed by atoms with van der Waals surface area (Å²) < 4.78 is 5.30. The van der Waals surface area contributed by atoms with Crippen molar-refractivity contribution in [3.05, 3.63) is 27.3 Å². The predicted molar refractivity (Wildman–Crippen MR) is 64.8 cm³/mol. The second kappa shape index (κ2) is 4.42. The minimum atomic E-state index is -0.00731. The molecule has 0 fully saturated rings. The van der Waals surface area contributed by atoms with E-state index in [4.69, 9.17) is 22.1 Å². The van der Waals surface area contributed by atoms with Crippen molar-refractivity contribution in [2.45, 2.75) is 33.7 Å². The van der Waals surface area contributed by atoms with Crippen LogP contribution in [-0.2, 0) is 0 Å². The number of methoxy groups -OCH3 is 1. The summed E-state index contributed by atoms with van der Waals surface area (Å²) in [5.41, 5.74) is 10.3. The molecule has 3 heteroatoms. The summed E-state index contributed by atoms with van der Waals surface area (Å²) in [5.74, 6) is 0.760. The molecular formula is C12H18ClNO. The lowest BCUT2D eigenvalue weighted by Crippen LogP contribution is -2.11. The average molecular weight is 228 g/mol. The highest BCUT2D eigenvalue weighted by molar-refractivity contribution is 6.33. The van der Waals surface area contributed by atoms with E-state index in [9.17, 15) is 0 Å². The maximum absolute atomic E-state index is 6.24. The summed E-state index contributed by atoms with van der Waals surface area (Å²) in [4.78, 5) is 0. The topological polar surface area (TPSA) is 35.2 Å². The summed E-state index contributed by atoms with van der Waals surface area (Å²) in [6.45, 7) is 8.01. The van der Waals surface area contributed by atoms with Crippen LogP contribution in [-0.4, -0.2) is 7.11 Å². The lowest BCUT2D eigenvalue weighted by Gasteiger charge is -2.20. The molecule has 0 aliphatic rings. The highest BCUT2D eigenvalue weighted by Gasteiger charge is 2.18. The molecule has 15 heavy (non-hydrogen) atoms. The van der Waals surface area contributed by atoms with Crippen molar-refractivity contribution in [3.8, 4) is 5.75 Å². The number of nitrogens with two attached hydrogens (primary N) is 1. The largest absolute Gasteiger partial charge is 0.495 e. The Morgan fingerprint density at radius 2 is 1.67 bits per heavy atom. The molecule has 0 aromatic heterocycles. The quantitative estimate of drug-likeness (QED) is 0.842. The van der Waals surface area contributed by atoms with Crippen molar-refractivity contribution >= 4 is 11.6 Å². The van der Waals surface area contributed by atoms with Gasteiger partial charge in [-0.15, -0.1) is 0 Å². The Labute approximate surface area is 96.4 Å². The van der Waals surface area contributed by atoms with Crippen LogP contribution in [0.5, 0.6) is 5.75 Å².